The SMILES string of the molecule is CCNC(c1cc(C)nnc1C)c1cccc(Cl)c1Cl. The second-order valence-corrected chi connectivity index (χ2v) is 5.45. The van der Waals surface area contributed by atoms with E-state index in [1.165, 1.54) is 0 Å². The molecule has 5 heteroatoms. The van der Waals surface area contributed by atoms with Gasteiger partial charge in [-0.05, 0) is 43.7 Å². The minimum atomic E-state index is -0.0413. The van der Waals surface area contributed by atoms with Gasteiger partial charge in [-0.1, -0.05) is 42.3 Å². The Morgan fingerprint density at radius 3 is 2.60 bits per heavy atom. The molecule has 0 fully saturated rings. The van der Waals surface area contributed by atoms with Gasteiger partial charge in [0.15, 0.2) is 0 Å². The van der Waals surface area contributed by atoms with E-state index in [0.29, 0.717) is 10.0 Å². The number of aromatic nitrogens is 2. The minimum Gasteiger partial charge on any atom is -0.306 e. The fraction of sp³-hybridized carbons (Fsp3) is 0.333. The summed E-state index contributed by atoms with van der Waals surface area (Å²) in [5, 5.41) is 12.8. The first-order valence-corrected chi connectivity index (χ1v) is 7.28. The highest BCUT2D eigenvalue weighted by atomic mass is 35.5. The molecule has 0 aliphatic carbocycles. The van der Waals surface area contributed by atoms with Crippen LogP contribution < -0.4 is 5.32 Å². The maximum absolute atomic E-state index is 6.36. The zero-order valence-electron chi connectivity index (χ0n) is 11.7. The normalized spacial score (nSPS) is 12.4. The van der Waals surface area contributed by atoms with E-state index in [4.69, 9.17) is 23.2 Å². The fourth-order valence-electron chi connectivity index (χ4n) is 2.20. The van der Waals surface area contributed by atoms with Crippen LogP contribution in [0.25, 0.3) is 0 Å². The number of nitrogens with one attached hydrogen (secondary N) is 1. The van der Waals surface area contributed by atoms with Crippen molar-refractivity contribution in [1.82, 2.24) is 15.5 Å². The van der Waals surface area contributed by atoms with E-state index in [9.17, 15) is 0 Å². The van der Waals surface area contributed by atoms with Crippen LogP contribution in [0.15, 0.2) is 24.3 Å². The summed E-state index contributed by atoms with van der Waals surface area (Å²) < 4.78 is 0. The van der Waals surface area contributed by atoms with Crippen molar-refractivity contribution in [3.8, 4) is 0 Å². The largest absolute Gasteiger partial charge is 0.306 e. The van der Waals surface area contributed by atoms with Gasteiger partial charge in [0.05, 0.1) is 27.5 Å². The van der Waals surface area contributed by atoms with Crippen molar-refractivity contribution in [2.75, 3.05) is 6.54 Å². The van der Waals surface area contributed by atoms with Crippen molar-refractivity contribution >= 4 is 23.2 Å². The summed E-state index contributed by atoms with van der Waals surface area (Å²) in [6.45, 7) is 6.75. The molecule has 106 valence electrons. The van der Waals surface area contributed by atoms with E-state index in [-0.39, 0.29) is 6.04 Å². The van der Waals surface area contributed by atoms with Crippen molar-refractivity contribution in [2.24, 2.45) is 0 Å². The molecule has 1 aromatic heterocycles. The lowest BCUT2D eigenvalue weighted by Crippen LogP contribution is -2.24. The molecule has 0 radical (unpaired) electrons. The van der Waals surface area contributed by atoms with Gasteiger partial charge in [0.25, 0.3) is 0 Å². The third-order valence-electron chi connectivity index (χ3n) is 3.15. The third-order valence-corrected chi connectivity index (χ3v) is 3.99. The molecule has 1 N–H and O–H groups in total. The summed E-state index contributed by atoms with van der Waals surface area (Å²) in [6.07, 6.45) is 0. The fourth-order valence-corrected chi connectivity index (χ4v) is 2.61. The standard InChI is InChI=1S/C15H17Cl2N3/c1-4-18-15(11-6-5-7-13(16)14(11)17)12-8-9(2)19-20-10(12)3/h5-8,15,18H,4H2,1-3H3. The summed E-state index contributed by atoms with van der Waals surface area (Å²) >= 11 is 12.5. The number of rotatable bonds is 4. The molecule has 0 aliphatic heterocycles. The monoisotopic (exact) mass is 309 g/mol. The van der Waals surface area contributed by atoms with Crippen LogP contribution in [-0.2, 0) is 0 Å². The summed E-state index contributed by atoms with van der Waals surface area (Å²) in [5.74, 6) is 0. The maximum atomic E-state index is 6.36. The number of benzene rings is 1. The zero-order valence-corrected chi connectivity index (χ0v) is 13.3. The van der Waals surface area contributed by atoms with E-state index < -0.39 is 0 Å². The van der Waals surface area contributed by atoms with Crippen LogP contribution in [0.3, 0.4) is 0 Å². The second kappa shape index (κ2) is 6.53. The Morgan fingerprint density at radius 2 is 1.90 bits per heavy atom. The molecule has 1 heterocycles. The maximum Gasteiger partial charge on any atom is 0.0651 e. The molecule has 2 rings (SSSR count). The predicted octanol–water partition coefficient (Wildman–Crippen LogP) is 4.10. The van der Waals surface area contributed by atoms with E-state index >= 15 is 0 Å². The minimum absolute atomic E-state index is 0.0413. The number of nitrogens with zero attached hydrogens (tertiary/aromatic N) is 2. The highest BCUT2D eigenvalue weighted by molar-refractivity contribution is 6.42. The Hall–Kier alpha value is -1.16. The lowest BCUT2D eigenvalue weighted by atomic mass is 9.97. The average molecular weight is 310 g/mol. The zero-order chi connectivity index (χ0) is 14.7. The summed E-state index contributed by atoms with van der Waals surface area (Å²) in [4.78, 5) is 0. The Labute approximate surface area is 129 Å². The van der Waals surface area contributed by atoms with Gasteiger partial charge in [-0.3, -0.25) is 0 Å². The Bertz CT molecular complexity index is 612. The molecule has 3 nitrogen and oxygen atoms in total. The third kappa shape index (κ3) is 3.11. The molecule has 1 atom stereocenters. The van der Waals surface area contributed by atoms with E-state index in [0.717, 1.165) is 29.1 Å². The van der Waals surface area contributed by atoms with Crippen molar-refractivity contribution in [3.63, 3.8) is 0 Å². The lowest BCUT2D eigenvalue weighted by molar-refractivity contribution is 0.620. The number of aryl methyl sites for hydroxylation is 2. The molecule has 0 spiro atoms. The Morgan fingerprint density at radius 1 is 1.15 bits per heavy atom. The van der Waals surface area contributed by atoms with Crippen molar-refractivity contribution in [3.05, 3.63) is 56.8 Å². The van der Waals surface area contributed by atoms with Gasteiger partial charge in [0.2, 0.25) is 0 Å². The molecule has 0 bridgehead atoms. The first kappa shape index (κ1) is 15.2. The van der Waals surface area contributed by atoms with Gasteiger partial charge >= 0.3 is 0 Å². The van der Waals surface area contributed by atoms with E-state index in [1.54, 1.807) is 6.07 Å². The van der Waals surface area contributed by atoms with Crippen molar-refractivity contribution < 1.29 is 0 Å². The van der Waals surface area contributed by atoms with Crippen LogP contribution in [-0.4, -0.2) is 16.7 Å². The predicted molar refractivity (Wildman–Crippen MR) is 83.5 cm³/mol. The number of hydrogen-bond acceptors (Lipinski definition) is 3. The van der Waals surface area contributed by atoms with Crippen LogP contribution in [0.1, 0.15) is 35.5 Å². The van der Waals surface area contributed by atoms with Crippen LogP contribution in [0, 0.1) is 13.8 Å². The molecule has 1 unspecified atom stereocenters. The highest BCUT2D eigenvalue weighted by Gasteiger charge is 2.20. The first-order valence-electron chi connectivity index (χ1n) is 6.52. The second-order valence-electron chi connectivity index (χ2n) is 4.66. The van der Waals surface area contributed by atoms with E-state index in [1.807, 2.05) is 32.0 Å². The van der Waals surface area contributed by atoms with Gasteiger partial charge in [-0.25, -0.2) is 0 Å². The molecule has 0 amide bonds. The van der Waals surface area contributed by atoms with Crippen LogP contribution in [0.2, 0.25) is 10.0 Å². The summed E-state index contributed by atoms with van der Waals surface area (Å²) in [7, 11) is 0. The van der Waals surface area contributed by atoms with Gasteiger partial charge in [0.1, 0.15) is 0 Å². The first-order chi connectivity index (χ1) is 9.54. The molecular formula is C15H17Cl2N3. The van der Waals surface area contributed by atoms with Gasteiger partial charge in [-0.2, -0.15) is 10.2 Å². The van der Waals surface area contributed by atoms with Crippen LogP contribution in [0.4, 0.5) is 0 Å². The molecule has 1 aromatic carbocycles. The van der Waals surface area contributed by atoms with Crippen LogP contribution in [0.5, 0.6) is 0 Å². The molecular weight excluding hydrogens is 293 g/mol. The Kier molecular flexibility index (Phi) is 4.97. The summed E-state index contributed by atoms with van der Waals surface area (Å²) in [6, 6.07) is 7.67. The highest BCUT2D eigenvalue weighted by Crippen LogP contribution is 2.33. The topological polar surface area (TPSA) is 37.8 Å². The van der Waals surface area contributed by atoms with Crippen molar-refractivity contribution in [1.29, 1.82) is 0 Å². The lowest BCUT2D eigenvalue weighted by Gasteiger charge is -2.22. The van der Waals surface area contributed by atoms with Crippen LogP contribution >= 0.6 is 23.2 Å². The quantitative estimate of drug-likeness (QED) is 0.924. The Balaban J connectivity index is 2.56. The van der Waals surface area contributed by atoms with Gasteiger partial charge < -0.3 is 5.32 Å². The molecule has 0 aliphatic rings. The molecule has 20 heavy (non-hydrogen) atoms. The smallest absolute Gasteiger partial charge is 0.0651 e. The molecule has 0 saturated carbocycles. The average Bonchev–Trinajstić information content (AvgIpc) is 2.43. The van der Waals surface area contributed by atoms with Crippen molar-refractivity contribution in [2.45, 2.75) is 26.8 Å². The van der Waals surface area contributed by atoms with Gasteiger partial charge in [0, 0.05) is 0 Å². The van der Waals surface area contributed by atoms with E-state index in [2.05, 4.69) is 22.4 Å². The summed E-state index contributed by atoms with van der Waals surface area (Å²) in [5.41, 5.74) is 3.80. The number of halogens is 2. The van der Waals surface area contributed by atoms with Gasteiger partial charge in [-0.15, -0.1) is 0 Å². The number of hydrogen-bond donors (Lipinski definition) is 1. The molecule has 0 saturated heterocycles. The molecule has 2 aromatic rings.